The number of pyridine rings is 1. The number of nitrogens with zero attached hydrogens (tertiary/aromatic N) is 6. The summed E-state index contributed by atoms with van der Waals surface area (Å²) >= 11 is 0. The van der Waals surface area contributed by atoms with Crippen LogP contribution in [0.15, 0.2) is 31.0 Å². The number of aromatic nitrogens is 7. The standard InChI is InChI=1S/C11H8N8/c12-6-1-2-7(13-3-6)10-17-18-11-8-9(15-4-14-8)16-5-19(10)11/h1-5H,12H2,(H,14,15). The zero-order valence-corrected chi connectivity index (χ0v) is 9.65. The summed E-state index contributed by atoms with van der Waals surface area (Å²) in [6.45, 7) is 0. The van der Waals surface area contributed by atoms with Crippen molar-refractivity contribution in [2.75, 3.05) is 5.73 Å². The molecule has 0 fully saturated rings. The molecule has 3 N–H and O–H groups in total. The third-order valence-corrected chi connectivity index (χ3v) is 2.85. The normalized spacial score (nSPS) is 11.4. The van der Waals surface area contributed by atoms with Crippen LogP contribution in [-0.4, -0.2) is 34.5 Å². The van der Waals surface area contributed by atoms with Gasteiger partial charge in [0, 0.05) is 0 Å². The summed E-state index contributed by atoms with van der Waals surface area (Å²) < 4.78 is 1.76. The zero-order chi connectivity index (χ0) is 12.8. The van der Waals surface area contributed by atoms with Gasteiger partial charge in [-0.15, -0.1) is 10.2 Å². The number of anilines is 1. The predicted octanol–water partition coefficient (Wildman–Crippen LogP) is 0.645. The summed E-state index contributed by atoms with van der Waals surface area (Å²) in [6, 6.07) is 3.56. The number of hydrogen-bond donors (Lipinski definition) is 2. The highest BCUT2D eigenvalue weighted by Gasteiger charge is 2.13. The molecular formula is C11H8N8. The van der Waals surface area contributed by atoms with Crippen LogP contribution in [-0.2, 0) is 0 Å². The van der Waals surface area contributed by atoms with E-state index in [-0.39, 0.29) is 0 Å². The second-order valence-electron chi connectivity index (χ2n) is 4.04. The minimum atomic E-state index is 0.603. The fourth-order valence-electron chi connectivity index (χ4n) is 1.95. The van der Waals surface area contributed by atoms with E-state index in [1.807, 2.05) is 0 Å². The van der Waals surface area contributed by atoms with Crippen molar-refractivity contribution in [2.45, 2.75) is 0 Å². The lowest BCUT2D eigenvalue weighted by Gasteiger charge is -1.99. The van der Waals surface area contributed by atoms with E-state index < -0.39 is 0 Å². The van der Waals surface area contributed by atoms with Crippen molar-refractivity contribution < 1.29 is 0 Å². The highest BCUT2D eigenvalue weighted by atomic mass is 15.3. The molecule has 0 amide bonds. The first-order valence-electron chi connectivity index (χ1n) is 5.57. The van der Waals surface area contributed by atoms with Crippen LogP contribution in [0.25, 0.3) is 28.3 Å². The summed E-state index contributed by atoms with van der Waals surface area (Å²) in [6.07, 6.45) is 4.79. The van der Waals surface area contributed by atoms with Crippen LogP contribution in [0.5, 0.6) is 0 Å². The number of fused-ring (bicyclic) bond motifs is 3. The van der Waals surface area contributed by atoms with Gasteiger partial charge in [-0.1, -0.05) is 0 Å². The topological polar surface area (TPSA) is 111 Å². The van der Waals surface area contributed by atoms with E-state index in [9.17, 15) is 0 Å². The molecule has 0 bridgehead atoms. The predicted molar refractivity (Wildman–Crippen MR) is 68.1 cm³/mol. The van der Waals surface area contributed by atoms with Crippen molar-refractivity contribution in [3.63, 3.8) is 0 Å². The Morgan fingerprint density at radius 3 is 2.89 bits per heavy atom. The first-order chi connectivity index (χ1) is 9.33. The van der Waals surface area contributed by atoms with E-state index in [0.717, 1.165) is 5.52 Å². The molecule has 0 aromatic carbocycles. The van der Waals surface area contributed by atoms with Crippen molar-refractivity contribution in [1.29, 1.82) is 0 Å². The minimum absolute atomic E-state index is 0.603. The third-order valence-electron chi connectivity index (χ3n) is 2.85. The van der Waals surface area contributed by atoms with Crippen molar-refractivity contribution in [3.8, 4) is 11.5 Å². The molecule has 4 heterocycles. The van der Waals surface area contributed by atoms with Crippen LogP contribution >= 0.6 is 0 Å². The molecule has 19 heavy (non-hydrogen) atoms. The Morgan fingerprint density at radius 2 is 2.05 bits per heavy atom. The number of imidazole rings is 1. The number of aromatic amines is 1. The lowest BCUT2D eigenvalue weighted by atomic mass is 10.3. The third kappa shape index (κ3) is 1.36. The van der Waals surface area contributed by atoms with Gasteiger partial charge in [-0.05, 0) is 12.1 Å². The molecule has 0 aliphatic carbocycles. The summed E-state index contributed by atoms with van der Waals surface area (Å²) in [7, 11) is 0. The molecule has 0 radical (unpaired) electrons. The number of nitrogen functional groups attached to an aromatic ring is 1. The van der Waals surface area contributed by atoms with Crippen LogP contribution in [0, 0.1) is 0 Å². The van der Waals surface area contributed by atoms with Crippen molar-refractivity contribution >= 4 is 22.5 Å². The van der Waals surface area contributed by atoms with Gasteiger partial charge in [-0.25, -0.2) is 9.97 Å². The smallest absolute Gasteiger partial charge is 0.190 e. The highest BCUT2D eigenvalue weighted by Crippen LogP contribution is 2.19. The average Bonchev–Trinajstić information content (AvgIpc) is 3.04. The van der Waals surface area contributed by atoms with Gasteiger partial charge in [0.15, 0.2) is 17.1 Å². The number of hydrogen-bond acceptors (Lipinski definition) is 6. The Labute approximate surface area is 106 Å². The number of rotatable bonds is 1. The SMILES string of the molecule is Nc1ccc(-c2nnc3c4[nH]cnc4ncn23)nc1. The fraction of sp³-hybridized carbons (Fsp3) is 0. The lowest BCUT2D eigenvalue weighted by molar-refractivity contribution is 1.07. The van der Waals surface area contributed by atoms with E-state index in [1.165, 1.54) is 0 Å². The number of nitrogens with two attached hydrogens (primary N) is 1. The van der Waals surface area contributed by atoms with E-state index in [1.54, 1.807) is 35.4 Å². The van der Waals surface area contributed by atoms with Crippen LogP contribution in [0.2, 0.25) is 0 Å². The molecule has 0 saturated heterocycles. The molecule has 0 spiro atoms. The van der Waals surface area contributed by atoms with Gasteiger partial charge < -0.3 is 10.7 Å². The van der Waals surface area contributed by atoms with E-state index in [0.29, 0.717) is 28.5 Å². The average molecular weight is 252 g/mol. The van der Waals surface area contributed by atoms with Gasteiger partial charge in [0.25, 0.3) is 0 Å². The zero-order valence-electron chi connectivity index (χ0n) is 9.65. The monoisotopic (exact) mass is 252 g/mol. The number of nitrogens with one attached hydrogen (secondary N) is 1. The largest absolute Gasteiger partial charge is 0.397 e. The molecule has 0 aliphatic heterocycles. The maximum atomic E-state index is 5.62. The maximum Gasteiger partial charge on any atom is 0.190 e. The van der Waals surface area contributed by atoms with Gasteiger partial charge in [-0.3, -0.25) is 9.38 Å². The fourth-order valence-corrected chi connectivity index (χ4v) is 1.95. The van der Waals surface area contributed by atoms with Crippen molar-refractivity contribution in [1.82, 2.24) is 34.5 Å². The van der Waals surface area contributed by atoms with Gasteiger partial charge in [0.2, 0.25) is 0 Å². The highest BCUT2D eigenvalue weighted by molar-refractivity contribution is 5.85. The molecule has 0 saturated carbocycles. The van der Waals surface area contributed by atoms with E-state index in [2.05, 4.69) is 30.1 Å². The van der Waals surface area contributed by atoms with Gasteiger partial charge in [0.1, 0.15) is 17.5 Å². The Bertz CT molecular complexity index is 873. The molecule has 92 valence electrons. The van der Waals surface area contributed by atoms with Gasteiger partial charge in [0.05, 0.1) is 18.2 Å². The lowest BCUT2D eigenvalue weighted by Crippen LogP contribution is -1.95. The molecular weight excluding hydrogens is 244 g/mol. The van der Waals surface area contributed by atoms with Crippen molar-refractivity contribution in [3.05, 3.63) is 31.0 Å². The quantitative estimate of drug-likeness (QED) is 0.514. The van der Waals surface area contributed by atoms with Crippen LogP contribution in [0.3, 0.4) is 0 Å². The molecule has 4 rings (SSSR count). The van der Waals surface area contributed by atoms with Crippen LogP contribution in [0.4, 0.5) is 5.69 Å². The Morgan fingerprint density at radius 1 is 1.11 bits per heavy atom. The van der Waals surface area contributed by atoms with Crippen LogP contribution < -0.4 is 5.73 Å². The van der Waals surface area contributed by atoms with E-state index in [4.69, 9.17) is 5.73 Å². The minimum Gasteiger partial charge on any atom is -0.397 e. The Balaban J connectivity index is 2.02. The maximum absolute atomic E-state index is 5.62. The van der Waals surface area contributed by atoms with Crippen LogP contribution in [0.1, 0.15) is 0 Å². The van der Waals surface area contributed by atoms with Crippen molar-refractivity contribution in [2.24, 2.45) is 0 Å². The molecule has 4 aromatic heterocycles. The molecule has 8 nitrogen and oxygen atoms in total. The summed E-state index contributed by atoms with van der Waals surface area (Å²) in [5.41, 5.74) is 8.93. The summed E-state index contributed by atoms with van der Waals surface area (Å²) in [5.74, 6) is 0.610. The van der Waals surface area contributed by atoms with E-state index >= 15 is 0 Å². The molecule has 0 atom stereocenters. The van der Waals surface area contributed by atoms with Gasteiger partial charge >= 0.3 is 0 Å². The van der Waals surface area contributed by atoms with Gasteiger partial charge in [-0.2, -0.15) is 0 Å². The second-order valence-corrected chi connectivity index (χ2v) is 4.04. The first-order valence-corrected chi connectivity index (χ1v) is 5.57. The Kier molecular flexibility index (Phi) is 1.82. The second kappa shape index (κ2) is 3.48. The molecule has 8 heteroatoms. The molecule has 0 unspecified atom stereocenters. The first kappa shape index (κ1) is 9.95. The number of H-pyrrole nitrogens is 1. The Hall–Kier alpha value is -3.03. The summed E-state index contributed by atoms with van der Waals surface area (Å²) in [5, 5.41) is 8.30. The summed E-state index contributed by atoms with van der Waals surface area (Å²) in [4.78, 5) is 15.6. The molecule has 0 aliphatic rings. The molecule has 4 aromatic rings.